The van der Waals surface area contributed by atoms with Gasteiger partial charge in [0, 0.05) is 69.3 Å². The van der Waals surface area contributed by atoms with Gasteiger partial charge in [-0.15, -0.1) is 0 Å². The van der Waals surface area contributed by atoms with E-state index in [1.807, 2.05) is 6.07 Å². The molecule has 2 aliphatic rings. The number of nitrogens with one attached hydrogen (secondary N) is 1. The Balaban J connectivity index is 1.56. The Morgan fingerprint density at radius 1 is 1.07 bits per heavy atom. The van der Waals surface area contributed by atoms with Crippen molar-refractivity contribution in [3.8, 4) is 17.2 Å². The predicted octanol–water partition coefficient (Wildman–Crippen LogP) is 2.65. The van der Waals surface area contributed by atoms with Crippen LogP contribution in [0.15, 0.2) is 16.8 Å². The molecular weight excluding hydrogens is 554 g/mol. The number of aryl methyl sites for hydroxylation is 1. The van der Waals surface area contributed by atoms with Gasteiger partial charge in [-0.1, -0.05) is 12.1 Å². The molecule has 2 bridgehead atoms. The summed E-state index contributed by atoms with van der Waals surface area (Å²) in [7, 11) is 4.81. The largest absolute Gasteiger partial charge is 0.493 e. The summed E-state index contributed by atoms with van der Waals surface area (Å²) < 4.78 is 21.9. The first-order valence-corrected chi connectivity index (χ1v) is 14.8. The quantitative estimate of drug-likeness (QED) is 0.466. The standard InChI is InChI=1S/C30H41N7O6/c1-6-35-12-13-36(30(39)26-19(2)33-43-34-26)11-9-25(38)31-16-20-8-7-10-37(17-20)29-21(18-35)14-22-23(32-29)15-24(40-3)28(42-5)27(22)41-4/h14-15,20H,6-13,16-18H2,1-5H3,(H,31,38). The Hall–Kier alpha value is -4.13. The molecule has 1 aromatic carbocycles. The topological polar surface area (TPSA) is 135 Å². The molecule has 0 spiro atoms. The van der Waals surface area contributed by atoms with Gasteiger partial charge in [0.25, 0.3) is 5.91 Å². The van der Waals surface area contributed by atoms with Crippen LogP contribution in [0.1, 0.15) is 47.9 Å². The first-order chi connectivity index (χ1) is 20.9. The van der Waals surface area contributed by atoms with E-state index in [2.05, 4.69) is 38.4 Å². The van der Waals surface area contributed by atoms with Crippen molar-refractivity contribution in [3.63, 3.8) is 0 Å². The number of ether oxygens (including phenoxy) is 3. The van der Waals surface area contributed by atoms with Gasteiger partial charge in [0.1, 0.15) is 11.5 Å². The van der Waals surface area contributed by atoms with Crippen LogP contribution in [0.25, 0.3) is 10.9 Å². The second-order valence-electron chi connectivity index (χ2n) is 11.1. The molecule has 5 rings (SSSR count). The second kappa shape index (κ2) is 13.4. The summed E-state index contributed by atoms with van der Waals surface area (Å²) in [6, 6.07) is 4.02. The average molecular weight is 596 g/mol. The second-order valence-corrected chi connectivity index (χ2v) is 11.1. The van der Waals surface area contributed by atoms with E-state index in [1.165, 1.54) is 0 Å². The monoisotopic (exact) mass is 595 g/mol. The van der Waals surface area contributed by atoms with E-state index in [-0.39, 0.29) is 36.4 Å². The van der Waals surface area contributed by atoms with E-state index in [9.17, 15) is 9.59 Å². The smallest absolute Gasteiger partial charge is 0.278 e. The Morgan fingerprint density at radius 3 is 2.58 bits per heavy atom. The average Bonchev–Trinajstić information content (AvgIpc) is 3.46. The molecule has 1 N–H and O–H groups in total. The highest BCUT2D eigenvalue weighted by Gasteiger charge is 2.28. The lowest BCUT2D eigenvalue weighted by Gasteiger charge is -2.35. The van der Waals surface area contributed by atoms with Crippen molar-refractivity contribution in [2.45, 2.75) is 39.7 Å². The molecule has 232 valence electrons. The number of piperidine rings is 1. The minimum absolute atomic E-state index is 0.0789. The third-order valence-corrected chi connectivity index (χ3v) is 8.36. The molecule has 43 heavy (non-hydrogen) atoms. The van der Waals surface area contributed by atoms with Crippen LogP contribution in [0.3, 0.4) is 0 Å². The van der Waals surface area contributed by atoms with Crippen LogP contribution >= 0.6 is 0 Å². The van der Waals surface area contributed by atoms with E-state index in [0.717, 1.165) is 54.8 Å². The van der Waals surface area contributed by atoms with Crippen molar-refractivity contribution in [2.24, 2.45) is 5.92 Å². The Bertz CT molecular complexity index is 1460. The molecule has 0 radical (unpaired) electrons. The lowest BCUT2D eigenvalue weighted by molar-refractivity contribution is -0.121. The van der Waals surface area contributed by atoms with Gasteiger partial charge in [0.15, 0.2) is 17.2 Å². The minimum Gasteiger partial charge on any atom is -0.493 e. The zero-order valence-electron chi connectivity index (χ0n) is 25.6. The SMILES string of the molecule is CCN1CCN(C(=O)c2nonc2C)CCC(=O)NCC2CCCN(C2)c2nc3cc(OC)c(OC)c(OC)c3cc2C1. The Labute approximate surface area is 251 Å². The number of nitrogens with zero attached hydrogens (tertiary/aromatic N) is 6. The van der Waals surface area contributed by atoms with Crippen molar-refractivity contribution < 1.29 is 28.4 Å². The van der Waals surface area contributed by atoms with Crippen molar-refractivity contribution in [2.75, 3.05) is 72.0 Å². The lowest BCUT2D eigenvalue weighted by atomic mass is 9.97. The van der Waals surface area contributed by atoms with Crippen molar-refractivity contribution in [1.29, 1.82) is 0 Å². The summed E-state index contributed by atoms with van der Waals surface area (Å²) in [4.78, 5) is 37.8. The molecule has 13 nitrogen and oxygen atoms in total. The van der Waals surface area contributed by atoms with Gasteiger partial charge in [-0.05, 0) is 43.5 Å². The van der Waals surface area contributed by atoms with E-state index in [4.69, 9.17) is 23.8 Å². The fourth-order valence-electron chi connectivity index (χ4n) is 5.96. The fraction of sp³-hybridized carbons (Fsp3) is 0.567. The Kier molecular flexibility index (Phi) is 9.49. The van der Waals surface area contributed by atoms with Gasteiger partial charge in [-0.25, -0.2) is 9.61 Å². The molecule has 13 heteroatoms. The number of fused-ring (bicyclic) bond motifs is 5. The number of aromatic nitrogens is 3. The third-order valence-electron chi connectivity index (χ3n) is 8.36. The van der Waals surface area contributed by atoms with E-state index < -0.39 is 0 Å². The zero-order chi connectivity index (χ0) is 30.5. The maximum absolute atomic E-state index is 13.4. The van der Waals surface area contributed by atoms with Crippen LogP contribution in [0.4, 0.5) is 5.82 Å². The number of carbonyl (C=O) groups excluding carboxylic acids is 2. The number of rotatable bonds is 5. The number of hydrogen-bond donors (Lipinski definition) is 1. The van der Waals surface area contributed by atoms with Crippen molar-refractivity contribution in [1.82, 2.24) is 30.4 Å². The molecule has 2 aromatic heterocycles. The molecule has 0 aliphatic carbocycles. The number of amides is 2. The minimum atomic E-state index is -0.298. The number of carbonyl (C=O) groups is 2. The van der Waals surface area contributed by atoms with E-state index in [0.29, 0.717) is 49.1 Å². The molecule has 1 saturated heterocycles. The van der Waals surface area contributed by atoms with Crippen molar-refractivity contribution >= 4 is 28.5 Å². The van der Waals surface area contributed by atoms with Gasteiger partial charge >= 0.3 is 0 Å². The van der Waals surface area contributed by atoms with Crippen LogP contribution in [-0.2, 0) is 11.3 Å². The predicted molar refractivity (Wildman–Crippen MR) is 160 cm³/mol. The molecule has 4 heterocycles. The third kappa shape index (κ3) is 6.46. The van der Waals surface area contributed by atoms with Crippen LogP contribution in [0.5, 0.6) is 17.2 Å². The van der Waals surface area contributed by atoms with Crippen LogP contribution in [-0.4, -0.2) is 104 Å². The number of anilines is 1. The van der Waals surface area contributed by atoms with E-state index in [1.54, 1.807) is 33.2 Å². The van der Waals surface area contributed by atoms with Crippen LogP contribution in [0.2, 0.25) is 0 Å². The summed E-state index contributed by atoms with van der Waals surface area (Å²) in [6.45, 7) is 8.62. The maximum atomic E-state index is 13.4. The molecule has 1 atom stereocenters. The summed E-state index contributed by atoms with van der Waals surface area (Å²) in [5.41, 5.74) is 2.39. The van der Waals surface area contributed by atoms with Gasteiger partial charge in [-0.3, -0.25) is 14.5 Å². The summed E-state index contributed by atoms with van der Waals surface area (Å²) in [6.07, 6.45) is 2.22. The molecule has 2 aliphatic heterocycles. The van der Waals surface area contributed by atoms with Gasteiger partial charge in [-0.2, -0.15) is 0 Å². The summed E-state index contributed by atoms with van der Waals surface area (Å²) >= 11 is 0. The van der Waals surface area contributed by atoms with Gasteiger partial charge in [0.05, 0.1) is 26.8 Å². The van der Waals surface area contributed by atoms with Crippen LogP contribution < -0.4 is 24.4 Å². The first-order valence-electron chi connectivity index (χ1n) is 14.8. The summed E-state index contributed by atoms with van der Waals surface area (Å²) in [5, 5.41) is 11.5. The summed E-state index contributed by atoms with van der Waals surface area (Å²) in [5.74, 6) is 2.44. The zero-order valence-corrected chi connectivity index (χ0v) is 25.6. The molecule has 1 unspecified atom stereocenters. The molecule has 0 saturated carbocycles. The van der Waals surface area contributed by atoms with Crippen LogP contribution in [0, 0.1) is 12.8 Å². The number of likely N-dealkylation sites (N-methyl/N-ethyl adjacent to an activating group) is 1. The highest BCUT2D eigenvalue weighted by atomic mass is 16.6. The number of pyridine rings is 1. The molecular formula is C30H41N7O6. The normalized spacial score (nSPS) is 18.8. The first kappa shape index (κ1) is 30.3. The highest BCUT2D eigenvalue weighted by molar-refractivity contribution is 5.93. The molecule has 3 aromatic rings. The van der Waals surface area contributed by atoms with Crippen molar-refractivity contribution in [3.05, 3.63) is 29.1 Å². The molecule has 1 fully saturated rings. The molecule has 2 amide bonds. The van der Waals surface area contributed by atoms with Gasteiger partial charge < -0.3 is 29.3 Å². The number of methoxy groups -OCH3 is 3. The number of hydrogen-bond acceptors (Lipinski definition) is 11. The Morgan fingerprint density at radius 2 is 1.88 bits per heavy atom. The number of benzene rings is 1. The van der Waals surface area contributed by atoms with E-state index >= 15 is 0 Å². The fourth-order valence-corrected chi connectivity index (χ4v) is 5.96. The maximum Gasteiger partial charge on any atom is 0.278 e. The lowest BCUT2D eigenvalue weighted by Crippen LogP contribution is -2.42. The van der Waals surface area contributed by atoms with Gasteiger partial charge in [0.2, 0.25) is 11.7 Å². The highest BCUT2D eigenvalue weighted by Crippen LogP contribution is 2.44.